The van der Waals surface area contributed by atoms with Gasteiger partial charge in [-0.2, -0.15) is 0 Å². The Morgan fingerprint density at radius 1 is 1.14 bits per heavy atom. The molecule has 4 aliphatic carbocycles. The number of rotatable bonds is 1. The maximum Gasteiger partial charge on any atom is 0.309 e. The van der Waals surface area contributed by atoms with Crippen LogP contribution in [0.1, 0.15) is 71.6 Å². The number of allylic oxidation sites excluding steroid dienone is 1. The second-order valence-corrected chi connectivity index (χ2v) is 9.40. The average Bonchev–Trinajstić information content (AvgIpc) is 2.68. The lowest BCUT2D eigenvalue weighted by Gasteiger charge is -2.63. The third-order valence-corrected chi connectivity index (χ3v) is 8.54. The molecular weight excluding hydrogens is 272 g/mol. The van der Waals surface area contributed by atoms with Crippen LogP contribution < -0.4 is 0 Å². The molecule has 0 heterocycles. The quantitative estimate of drug-likeness (QED) is 0.689. The fourth-order valence-corrected chi connectivity index (χ4v) is 7.61. The number of hydrogen-bond donors (Lipinski definition) is 1. The number of hydrogen-bond acceptors (Lipinski definition) is 1. The van der Waals surface area contributed by atoms with Crippen molar-refractivity contribution in [3.05, 3.63) is 12.2 Å². The van der Waals surface area contributed by atoms with Crippen molar-refractivity contribution in [2.45, 2.75) is 71.6 Å². The summed E-state index contributed by atoms with van der Waals surface area (Å²) < 4.78 is 0. The molecule has 0 aliphatic heterocycles. The van der Waals surface area contributed by atoms with Crippen LogP contribution in [0.25, 0.3) is 0 Å². The van der Waals surface area contributed by atoms with Gasteiger partial charge in [0.05, 0.1) is 5.41 Å². The first-order chi connectivity index (χ1) is 10.3. The van der Waals surface area contributed by atoms with Crippen molar-refractivity contribution in [3.8, 4) is 0 Å². The van der Waals surface area contributed by atoms with Crippen molar-refractivity contribution in [1.82, 2.24) is 0 Å². The number of aliphatic carboxylic acids is 1. The van der Waals surface area contributed by atoms with Gasteiger partial charge in [0.1, 0.15) is 0 Å². The van der Waals surface area contributed by atoms with Crippen LogP contribution in [0.3, 0.4) is 0 Å². The van der Waals surface area contributed by atoms with Crippen LogP contribution in [-0.2, 0) is 4.79 Å². The minimum absolute atomic E-state index is 0.235. The van der Waals surface area contributed by atoms with Crippen LogP contribution in [0, 0.1) is 34.0 Å². The Hall–Kier alpha value is -0.790. The van der Waals surface area contributed by atoms with E-state index in [2.05, 4.69) is 13.5 Å². The van der Waals surface area contributed by atoms with E-state index in [4.69, 9.17) is 0 Å². The Kier molecular flexibility index (Phi) is 2.95. The zero-order valence-electron chi connectivity index (χ0n) is 14.2. The summed E-state index contributed by atoms with van der Waals surface area (Å²) in [7, 11) is 0. The molecule has 1 N–H and O–H groups in total. The zero-order chi connectivity index (χ0) is 15.8. The molecule has 1 spiro atoms. The summed E-state index contributed by atoms with van der Waals surface area (Å²) >= 11 is 0. The number of carboxylic acid groups (broad SMARTS) is 1. The molecule has 122 valence electrons. The van der Waals surface area contributed by atoms with Crippen LogP contribution >= 0.6 is 0 Å². The number of carboxylic acids is 1. The summed E-state index contributed by atoms with van der Waals surface area (Å²) in [4.78, 5) is 12.0. The molecule has 6 atom stereocenters. The fourth-order valence-electron chi connectivity index (χ4n) is 7.61. The van der Waals surface area contributed by atoms with Gasteiger partial charge >= 0.3 is 5.97 Å². The first-order valence-corrected chi connectivity index (χ1v) is 9.23. The molecule has 0 radical (unpaired) electrons. The molecule has 2 heteroatoms. The van der Waals surface area contributed by atoms with Gasteiger partial charge in [0.15, 0.2) is 0 Å². The minimum atomic E-state index is -0.552. The normalized spacial score (nSPS) is 53.7. The lowest BCUT2D eigenvalue weighted by atomic mass is 9.41. The van der Waals surface area contributed by atoms with Crippen molar-refractivity contribution in [1.29, 1.82) is 0 Å². The third-order valence-electron chi connectivity index (χ3n) is 8.54. The van der Waals surface area contributed by atoms with E-state index in [9.17, 15) is 9.90 Å². The van der Waals surface area contributed by atoms with Gasteiger partial charge in [-0.25, -0.2) is 0 Å². The molecule has 4 saturated carbocycles. The van der Waals surface area contributed by atoms with E-state index in [1.807, 2.05) is 6.92 Å². The van der Waals surface area contributed by atoms with Crippen LogP contribution in [0.2, 0.25) is 0 Å². The highest BCUT2D eigenvalue weighted by molar-refractivity contribution is 5.75. The van der Waals surface area contributed by atoms with E-state index in [-0.39, 0.29) is 5.41 Å². The molecule has 0 amide bonds. The van der Waals surface area contributed by atoms with Crippen molar-refractivity contribution in [2.75, 3.05) is 0 Å². The lowest BCUT2D eigenvalue weighted by molar-refractivity contribution is -0.181. The Morgan fingerprint density at radius 2 is 1.91 bits per heavy atom. The molecule has 0 aromatic carbocycles. The van der Waals surface area contributed by atoms with E-state index in [0.29, 0.717) is 11.3 Å². The second kappa shape index (κ2) is 4.39. The molecule has 4 fully saturated rings. The molecule has 4 aliphatic rings. The van der Waals surface area contributed by atoms with E-state index in [1.165, 1.54) is 44.1 Å². The Labute approximate surface area is 134 Å². The summed E-state index contributed by atoms with van der Waals surface area (Å²) in [6.45, 7) is 8.86. The second-order valence-electron chi connectivity index (χ2n) is 9.40. The van der Waals surface area contributed by atoms with Crippen LogP contribution in [0.5, 0.6) is 0 Å². The van der Waals surface area contributed by atoms with Crippen LogP contribution in [0.4, 0.5) is 0 Å². The Bertz CT molecular complexity index is 538. The average molecular weight is 302 g/mol. The molecule has 0 aromatic heterocycles. The van der Waals surface area contributed by atoms with E-state index in [0.717, 1.165) is 31.1 Å². The van der Waals surface area contributed by atoms with Gasteiger partial charge in [-0.1, -0.05) is 25.5 Å². The van der Waals surface area contributed by atoms with E-state index < -0.39 is 11.4 Å². The lowest BCUT2D eigenvalue weighted by Crippen LogP contribution is -2.58. The summed E-state index contributed by atoms with van der Waals surface area (Å²) in [6.07, 6.45) is 10.8. The summed E-state index contributed by atoms with van der Waals surface area (Å²) in [6, 6.07) is 0. The SMILES string of the molecule is C=C1C[C@@]23CC[C@@H]4[C@@](C)(CCC[C@@]4(C)C(=O)O)[C@@H]2CC[C@@H]1C3. The standard InChI is InChI=1S/C20H30O2/c1-13-11-20-10-7-15-18(2,16(20)6-5-14(13)12-20)8-4-9-19(15,3)17(21)22/h14-16H,1,4-12H2,2-3H3,(H,21,22)/t14-,15-,16+,18-,19-,20-/m1/s1. The first-order valence-electron chi connectivity index (χ1n) is 9.23. The van der Waals surface area contributed by atoms with Gasteiger partial charge in [-0.15, -0.1) is 0 Å². The summed E-state index contributed by atoms with van der Waals surface area (Å²) in [5.74, 6) is 1.32. The van der Waals surface area contributed by atoms with E-state index >= 15 is 0 Å². The Balaban J connectivity index is 1.75. The number of fused-ring (bicyclic) bond motifs is 3. The zero-order valence-corrected chi connectivity index (χ0v) is 14.2. The molecular formula is C20H30O2. The monoisotopic (exact) mass is 302 g/mol. The molecule has 22 heavy (non-hydrogen) atoms. The highest BCUT2D eigenvalue weighted by Crippen LogP contribution is 2.72. The summed E-state index contributed by atoms with van der Waals surface area (Å²) in [5, 5.41) is 9.90. The maximum atomic E-state index is 12.0. The van der Waals surface area contributed by atoms with Crippen molar-refractivity contribution >= 4 is 5.97 Å². The van der Waals surface area contributed by atoms with Gasteiger partial charge in [-0.3, -0.25) is 4.79 Å². The molecule has 0 unspecified atom stereocenters. The maximum absolute atomic E-state index is 12.0. The van der Waals surface area contributed by atoms with Gasteiger partial charge in [0, 0.05) is 0 Å². The molecule has 4 rings (SSSR count). The predicted molar refractivity (Wildman–Crippen MR) is 87.4 cm³/mol. The van der Waals surface area contributed by atoms with E-state index in [1.54, 1.807) is 0 Å². The van der Waals surface area contributed by atoms with Crippen molar-refractivity contribution < 1.29 is 9.90 Å². The van der Waals surface area contributed by atoms with Gasteiger partial charge in [-0.05, 0) is 86.9 Å². The molecule has 0 aromatic rings. The summed E-state index contributed by atoms with van der Waals surface area (Å²) in [5.41, 5.74) is 1.71. The third kappa shape index (κ3) is 1.65. The fraction of sp³-hybridized carbons (Fsp3) is 0.850. The predicted octanol–water partition coefficient (Wildman–Crippen LogP) is 5.04. The smallest absolute Gasteiger partial charge is 0.309 e. The topological polar surface area (TPSA) is 37.3 Å². The van der Waals surface area contributed by atoms with Gasteiger partial charge in [0.25, 0.3) is 0 Å². The largest absolute Gasteiger partial charge is 0.481 e. The number of carbonyl (C=O) groups is 1. The minimum Gasteiger partial charge on any atom is -0.481 e. The first kappa shape index (κ1) is 14.8. The van der Waals surface area contributed by atoms with Crippen LogP contribution in [-0.4, -0.2) is 11.1 Å². The van der Waals surface area contributed by atoms with Crippen molar-refractivity contribution in [2.24, 2.45) is 34.0 Å². The Morgan fingerprint density at radius 3 is 2.64 bits per heavy atom. The molecule has 0 saturated heterocycles. The highest BCUT2D eigenvalue weighted by atomic mass is 16.4. The van der Waals surface area contributed by atoms with Crippen LogP contribution in [0.15, 0.2) is 12.2 Å². The van der Waals surface area contributed by atoms with Gasteiger partial charge in [0.2, 0.25) is 0 Å². The molecule has 2 nitrogen and oxygen atoms in total. The van der Waals surface area contributed by atoms with Gasteiger partial charge < -0.3 is 5.11 Å². The van der Waals surface area contributed by atoms with Crippen molar-refractivity contribution in [3.63, 3.8) is 0 Å². The molecule has 2 bridgehead atoms. The highest BCUT2D eigenvalue weighted by Gasteiger charge is 2.64.